The highest BCUT2D eigenvalue weighted by Gasteiger charge is 2.18. The minimum Gasteiger partial charge on any atom is -0.488 e. The number of anilines is 11. The lowest BCUT2D eigenvalue weighted by Gasteiger charge is -2.17. The Morgan fingerprint density at radius 2 is 0.762 bits per heavy atom. The Bertz CT molecular complexity index is 5440. The number of para-hydroxylation sites is 7. The number of benzene rings is 5. The molecule has 13 N–H and O–H groups in total. The molecule has 30 rings (SSSR count). The Morgan fingerprint density at radius 3 is 1.44 bits per heavy atom. The van der Waals surface area contributed by atoms with Crippen LogP contribution in [0.2, 0.25) is 0 Å². The van der Waals surface area contributed by atoms with Crippen LogP contribution in [0, 0.1) is 0 Å². The van der Waals surface area contributed by atoms with Crippen LogP contribution in [0.1, 0.15) is 95.1 Å². The monoisotopic (exact) mass is 1990 g/mol. The maximum absolute atomic E-state index is 5.30. The lowest BCUT2D eigenvalue weighted by Crippen LogP contribution is -2.23. The van der Waals surface area contributed by atoms with E-state index in [1.54, 1.807) is 43.6 Å². The number of hydrogen-bond donors (Lipinski definition) is 13. The van der Waals surface area contributed by atoms with Crippen LogP contribution in [0.4, 0.5) is 63.7 Å². The summed E-state index contributed by atoms with van der Waals surface area (Å²) in [4.78, 5) is 46.8. The summed E-state index contributed by atoms with van der Waals surface area (Å²) in [6.45, 7) is 15.9. The zero-order valence-corrected chi connectivity index (χ0v) is 83.5. The number of nitrogens with zero attached hydrogens (tertiary/aromatic N) is 15. The summed E-state index contributed by atoms with van der Waals surface area (Å²) in [6.07, 6.45) is 42.7. The van der Waals surface area contributed by atoms with Gasteiger partial charge < -0.3 is 91.9 Å². The second-order valence-electron chi connectivity index (χ2n) is 34.4. The van der Waals surface area contributed by atoms with Gasteiger partial charge in [-0.15, -0.1) is 16.9 Å². The van der Waals surface area contributed by atoms with Crippen molar-refractivity contribution in [2.75, 3.05) is 169 Å². The molecule has 5 aromatic carbocycles. The normalized spacial score (nSPS) is 14.7. The standard InChI is InChI=1S/C9H12N2.C9H11N.2C8H10N2.C8H8O2.C8H6O.4C7H9N3.C7H8N2O.C7H8N2S.C7H8N2.C7H6O2.C6H5N3/c1-2-6-10-9-8(4-1)5-3-7-11-9;1-2-4-9-7-10-6-5-8(9)3-1;1-3-7-4-2-6-10-8(7)9-5-1;1-2-7-6-9-5-3-8(7)10-4-1;1-2-4-8-7(3-1)9-5-6-10-8;1-2-4-8-7(3-1)5-6-9-8;1-2-6-3-5-9-10-7(6)8-4-1;1-2-6-4-8-5-10-7(6)9-3-1;2*1-2-6-7(9-3-1)10-5-4-8-6;2*1-2-6-7(8-3-1)9-4-5-10-6;1-2-6-3-5-9-7(6)8-4-1;1-2-4-7-6(3-1)8-5-9-7;1-2-4-6-5(3-1)7-9-8-6/h3,5,7H,1-2,4,6H2,(H,10,11);1-4,10H,5-7H2;1,3,5H,2,4,6H2,(H,9,10);3,5-6,10H,1-2,4H2;1-4H,5-6H2;1-6H;3,5H,1-2,4H2,(H,8,10);4-5H,1-3H2,(H,8,9,10);4-5H,1-3H2,(H,9,10);1-3,8H,4-5H2,(H,9,10);2*1-3H,4-5H2,(H,8,9);1-2,4H,3,5H2,(H,8,9);1-4H,5H2;1-4H,(H,7,8,9). The molecular formula is C112H128N28O6S. The van der Waals surface area contributed by atoms with Gasteiger partial charge in [-0.1, -0.05) is 97.1 Å². The molecule has 13 aliphatic rings. The quantitative estimate of drug-likeness (QED) is 0.0670. The Kier molecular flexibility index (Phi) is 41.4. The Hall–Kier alpha value is -16.6. The summed E-state index contributed by atoms with van der Waals surface area (Å²) in [6, 6.07) is 69.8. The Balaban J connectivity index is 0.000000113. The molecule has 0 bridgehead atoms. The molecule has 17 aromatic rings. The fraction of sp³-hybridized carbons (Fsp3) is 0.295. The van der Waals surface area contributed by atoms with E-state index in [0.717, 1.165) is 238 Å². The van der Waals surface area contributed by atoms with Crippen LogP contribution in [0.15, 0.2) is 309 Å². The fourth-order valence-electron chi connectivity index (χ4n) is 16.6. The minimum atomic E-state index is 0.360. The summed E-state index contributed by atoms with van der Waals surface area (Å²) in [5.74, 6) is 14.5. The first-order chi connectivity index (χ1) is 73.0. The molecule has 0 atom stereocenters. The van der Waals surface area contributed by atoms with Gasteiger partial charge in [0.25, 0.3) is 0 Å². The summed E-state index contributed by atoms with van der Waals surface area (Å²) in [5, 5.41) is 58.0. The number of hydrogen-bond acceptors (Lipinski definition) is 34. The van der Waals surface area contributed by atoms with Crippen molar-refractivity contribution < 1.29 is 28.1 Å². The summed E-state index contributed by atoms with van der Waals surface area (Å²) >= 11 is 1.86. The third-order valence-electron chi connectivity index (χ3n) is 24.1. The number of nitrogens with one attached hydrogen (secondary N) is 13. The molecule has 0 saturated carbocycles. The molecule has 13 aliphatic heterocycles. The van der Waals surface area contributed by atoms with E-state index < -0.39 is 0 Å². The molecule has 0 aliphatic carbocycles. The van der Waals surface area contributed by atoms with Crippen LogP contribution in [-0.2, 0) is 57.9 Å². The van der Waals surface area contributed by atoms with E-state index in [1.807, 2.05) is 219 Å². The molecular weight excluding hydrogens is 1870 g/mol. The maximum atomic E-state index is 5.30. The van der Waals surface area contributed by atoms with Crippen molar-refractivity contribution in [3.63, 3.8) is 0 Å². The molecule has 0 spiro atoms. The van der Waals surface area contributed by atoms with Gasteiger partial charge in [0.15, 0.2) is 40.4 Å². The predicted octanol–water partition coefficient (Wildman–Crippen LogP) is 19.3. The Morgan fingerprint density at radius 1 is 0.272 bits per heavy atom. The van der Waals surface area contributed by atoms with Crippen molar-refractivity contribution in [3.8, 4) is 28.7 Å². The zero-order chi connectivity index (χ0) is 100. The number of thioether (sulfide) groups is 1. The van der Waals surface area contributed by atoms with E-state index in [0.29, 0.717) is 20.0 Å². The van der Waals surface area contributed by atoms with Gasteiger partial charge in [-0.05, 0) is 257 Å². The predicted molar refractivity (Wildman–Crippen MR) is 586 cm³/mol. The largest absolute Gasteiger partial charge is 0.488 e. The van der Waals surface area contributed by atoms with E-state index in [9.17, 15) is 0 Å². The van der Waals surface area contributed by atoms with Crippen molar-refractivity contribution in [1.82, 2.24) is 85.7 Å². The molecule has 0 fully saturated rings. The van der Waals surface area contributed by atoms with Crippen molar-refractivity contribution in [1.29, 1.82) is 0 Å². The molecule has 758 valence electrons. The summed E-state index contributed by atoms with van der Waals surface area (Å²) in [5.41, 5.74) is 17.2. The molecule has 0 amide bonds. The average molecular weight is 1990 g/mol. The molecule has 35 heteroatoms. The van der Waals surface area contributed by atoms with Crippen LogP contribution in [0.25, 0.3) is 22.0 Å². The molecule has 147 heavy (non-hydrogen) atoms. The van der Waals surface area contributed by atoms with Crippen molar-refractivity contribution in [2.45, 2.75) is 108 Å². The number of aromatic nitrogens is 16. The number of furan rings is 1. The lowest BCUT2D eigenvalue weighted by atomic mass is 10.0. The third-order valence-corrected chi connectivity index (χ3v) is 25.1. The highest BCUT2D eigenvalue weighted by Crippen LogP contribution is 2.33. The number of aryl methyl sites for hydroxylation is 6. The van der Waals surface area contributed by atoms with Crippen molar-refractivity contribution in [2.24, 2.45) is 0 Å². The van der Waals surface area contributed by atoms with E-state index >= 15 is 0 Å². The van der Waals surface area contributed by atoms with Gasteiger partial charge in [0.1, 0.15) is 83.5 Å². The molecule has 0 saturated heterocycles. The van der Waals surface area contributed by atoms with Crippen LogP contribution in [0.3, 0.4) is 0 Å². The number of rotatable bonds is 0. The zero-order valence-electron chi connectivity index (χ0n) is 82.7. The van der Waals surface area contributed by atoms with Gasteiger partial charge in [-0.3, -0.25) is 9.97 Å². The van der Waals surface area contributed by atoms with Gasteiger partial charge in [0.2, 0.25) is 6.79 Å². The van der Waals surface area contributed by atoms with Gasteiger partial charge in [-0.2, -0.15) is 20.5 Å². The second kappa shape index (κ2) is 58.9. The van der Waals surface area contributed by atoms with Crippen LogP contribution in [-0.4, -0.2) is 191 Å². The van der Waals surface area contributed by atoms with Crippen LogP contribution in [0.5, 0.6) is 28.7 Å². The number of H-pyrrole nitrogens is 1. The highest BCUT2D eigenvalue weighted by molar-refractivity contribution is 7.99. The molecule has 12 aromatic heterocycles. The van der Waals surface area contributed by atoms with Crippen LogP contribution < -0.4 is 87.5 Å². The highest BCUT2D eigenvalue weighted by atomic mass is 32.2. The maximum Gasteiger partial charge on any atom is 0.231 e. The molecule has 0 unspecified atom stereocenters. The number of pyridine rings is 7. The average Bonchev–Trinajstić information content (AvgIpc) is 0.948. The van der Waals surface area contributed by atoms with Gasteiger partial charge in [0, 0.05) is 167 Å². The van der Waals surface area contributed by atoms with Gasteiger partial charge in [-0.25, -0.2) is 44.9 Å². The third kappa shape index (κ3) is 33.5. The molecule has 0 radical (unpaired) electrons. The number of ether oxygens (including phenoxy) is 5. The number of aromatic amines is 1. The first-order valence-corrected chi connectivity index (χ1v) is 51.5. The topological polar surface area (TPSA) is 413 Å². The Labute approximate surface area is 861 Å². The van der Waals surface area contributed by atoms with Gasteiger partial charge in [0.05, 0.1) is 30.4 Å². The molecule has 34 nitrogen and oxygen atoms in total. The summed E-state index contributed by atoms with van der Waals surface area (Å²) < 4.78 is 31.2. The SMILES string of the molecule is c1cc2c(cn1)CCCN2.c1cc2c(nn1)NCCC2.c1ccc2c(c1)CCNC2.c1ccc2c(c1)OCCO2.c1ccc2c(c1)OCO2.c1ccc2n[nH]nc2c1.c1ccc2occc2c1.c1cnc2c(c1)CCCCN2.c1cnc2c(c1)CCCN2.c1cnc2c(c1)CCN2.c1cnc2c(c1)NCCN2.c1cnc2c(c1)OCCN2.c1cnc2c(c1)SCCN2.c1cnc2c(n1)CCCN2.c1ncc2c(n1)NCCC2. The lowest BCUT2D eigenvalue weighted by molar-refractivity contribution is 0.171. The van der Waals surface area contributed by atoms with E-state index in [2.05, 4.69) is 193 Å². The van der Waals surface area contributed by atoms with E-state index in [1.165, 1.54) is 126 Å². The van der Waals surface area contributed by atoms with E-state index in [-0.39, 0.29) is 0 Å². The summed E-state index contributed by atoms with van der Waals surface area (Å²) in [7, 11) is 0. The van der Waals surface area contributed by atoms with Crippen molar-refractivity contribution in [3.05, 3.63) is 349 Å². The fourth-order valence-corrected chi connectivity index (χ4v) is 17.5. The first kappa shape index (κ1) is 103. The first-order valence-electron chi connectivity index (χ1n) is 50.5. The molecule has 25 heterocycles. The van der Waals surface area contributed by atoms with Crippen molar-refractivity contribution >= 4 is 97.5 Å². The van der Waals surface area contributed by atoms with Crippen LogP contribution >= 0.6 is 11.8 Å². The van der Waals surface area contributed by atoms with Gasteiger partial charge >= 0.3 is 0 Å². The smallest absolute Gasteiger partial charge is 0.231 e. The minimum absolute atomic E-state index is 0.360. The van der Waals surface area contributed by atoms with E-state index in [4.69, 9.17) is 28.1 Å². The second-order valence-corrected chi connectivity index (χ2v) is 35.5. The number of fused-ring (bicyclic) bond motifs is 15.